The van der Waals surface area contributed by atoms with Gasteiger partial charge >= 0.3 is 0 Å². The molecule has 1 aliphatic carbocycles. The fourth-order valence-electron chi connectivity index (χ4n) is 1.32. The van der Waals surface area contributed by atoms with Crippen molar-refractivity contribution in [2.75, 3.05) is 12.9 Å². The minimum absolute atomic E-state index is 0.157. The Morgan fingerprint density at radius 1 is 1.31 bits per heavy atom. The molecule has 1 aromatic carbocycles. The lowest BCUT2D eigenvalue weighted by Gasteiger charge is -2.11. The molecule has 0 heterocycles. The van der Waals surface area contributed by atoms with Gasteiger partial charge in [0.25, 0.3) is 0 Å². The van der Waals surface area contributed by atoms with E-state index in [2.05, 4.69) is 0 Å². The lowest BCUT2D eigenvalue weighted by molar-refractivity contribution is 0.279. The maximum Gasteiger partial charge on any atom is 0.175 e. The van der Waals surface area contributed by atoms with Gasteiger partial charge in [-0.2, -0.15) is 0 Å². The first-order chi connectivity index (χ1) is 7.39. The zero-order valence-electron chi connectivity index (χ0n) is 9.14. The summed E-state index contributed by atoms with van der Waals surface area (Å²) < 4.78 is 27.9. The molecule has 0 saturated heterocycles. The van der Waals surface area contributed by atoms with Gasteiger partial charge in [0.05, 0.1) is 10.4 Å². The molecule has 0 atom stereocenters. The van der Waals surface area contributed by atoms with E-state index < -0.39 is 9.84 Å². The molecule has 0 spiro atoms. The van der Waals surface area contributed by atoms with Crippen LogP contribution in [0, 0.1) is 0 Å². The van der Waals surface area contributed by atoms with Crippen molar-refractivity contribution in [3.05, 3.63) is 24.3 Å². The van der Waals surface area contributed by atoms with E-state index in [1.807, 2.05) is 0 Å². The molecule has 1 saturated carbocycles. The van der Waals surface area contributed by atoms with E-state index >= 15 is 0 Å². The van der Waals surface area contributed by atoms with Crippen molar-refractivity contribution in [2.45, 2.75) is 23.3 Å². The average Bonchev–Trinajstić information content (AvgIpc) is 2.94. The maximum atomic E-state index is 11.2. The summed E-state index contributed by atoms with van der Waals surface area (Å²) in [5, 5.41) is 0. The highest BCUT2D eigenvalue weighted by Crippen LogP contribution is 2.32. The molecule has 0 aliphatic heterocycles. The van der Waals surface area contributed by atoms with Crippen molar-refractivity contribution >= 4 is 9.84 Å². The van der Waals surface area contributed by atoms with Gasteiger partial charge in [0.15, 0.2) is 9.84 Å². The molecule has 5 heteroatoms. The Balaban J connectivity index is 2.02. The Morgan fingerprint density at radius 2 is 1.88 bits per heavy atom. The minimum Gasteiger partial charge on any atom is -0.492 e. The zero-order valence-corrected chi connectivity index (χ0v) is 9.96. The maximum absolute atomic E-state index is 11.2. The van der Waals surface area contributed by atoms with Crippen LogP contribution in [-0.4, -0.2) is 26.8 Å². The van der Waals surface area contributed by atoms with E-state index in [1.165, 1.54) is 6.26 Å². The fraction of sp³-hybridized carbons (Fsp3) is 0.455. The zero-order chi connectivity index (χ0) is 11.8. The Hall–Kier alpha value is -1.07. The molecule has 0 radical (unpaired) electrons. The van der Waals surface area contributed by atoms with Crippen molar-refractivity contribution in [1.29, 1.82) is 0 Å². The van der Waals surface area contributed by atoms with Gasteiger partial charge in [-0.05, 0) is 37.1 Å². The molecule has 1 fully saturated rings. The SMILES string of the molecule is CS(=O)(=O)c1ccc(OCC2(N)CC2)cc1. The number of nitrogens with two attached hydrogens (primary N) is 1. The van der Waals surface area contributed by atoms with Crippen LogP contribution in [-0.2, 0) is 9.84 Å². The van der Waals surface area contributed by atoms with E-state index in [-0.39, 0.29) is 5.54 Å². The summed E-state index contributed by atoms with van der Waals surface area (Å²) in [6.07, 6.45) is 3.17. The van der Waals surface area contributed by atoms with Crippen molar-refractivity contribution in [3.8, 4) is 5.75 Å². The lowest BCUT2D eigenvalue weighted by atomic mass is 10.3. The Kier molecular flexibility index (Phi) is 2.67. The third-order valence-electron chi connectivity index (χ3n) is 2.67. The van der Waals surface area contributed by atoms with Crippen LogP contribution in [0.2, 0.25) is 0 Å². The second-order valence-corrected chi connectivity index (χ2v) is 6.41. The molecule has 2 N–H and O–H groups in total. The number of benzene rings is 1. The molecule has 1 aliphatic rings. The molecule has 4 nitrogen and oxygen atoms in total. The molecule has 0 unspecified atom stereocenters. The summed E-state index contributed by atoms with van der Waals surface area (Å²) in [5.74, 6) is 0.657. The summed E-state index contributed by atoms with van der Waals surface area (Å²) in [4.78, 5) is 0.300. The van der Waals surface area contributed by atoms with Gasteiger partial charge in [-0.3, -0.25) is 0 Å². The Bertz CT molecular complexity index is 474. The van der Waals surface area contributed by atoms with Crippen LogP contribution in [0.3, 0.4) is 0 Å². The second kappa shape index (κ2) is 3.75. The quantitative estimate of drug-likeness (QED) is 0.852. The summed E-state index contributed by atoms with van der Waals surface area (Å²) in [6, 6.07) is 6.39. The molecule has 0 amide bonds. The fourth-order valence-corrected chi connectivity index (χ4v) is 1.95. The van der Waals surface area contributed by atoms with E-state index in [9.17, 15) is 8.42 Å². The number of sulfone groups is 1. The molecule has 16 heavy (non-hydrogen) atoms. The van der Waals surface area contributed by atoms with Gasteiger partial charge in [0.1, 0.15) is 12.4 Å². The standard InChI is InChI=1S/C11H15NO3S/c1-16(13,14)10-4-2-9(3-5-10)15-8-11(12)6-7-11/h2-5H,6-8,12H2,1H3. The van der Waals surface area contributed by atoms with Gasteiger partial charge in [0.2, 0.25) is 0 Å². The van der Waals surface area contributed by atoms with Crippen LogP contribution < -0.4 is 10.5 Å². The highest BCUT2D eigenvalue weighted by Gasteiger charge is 2.39. The van der Waals surface area contributed by atoms with Gasteiger partial charge in [-0.1, -0.05) is 0 Å². The smallest absolute Gasteiger partial charge is 0.175 e. The molecular weight excluding hydrogens is 226 g/mol. The van der Waals surface area contributed by atoms with E-state index in [0.717, 1.165) is 12.8 Å². The highest BCUT2D eigenvalue weighted by molar-refractivity contribution is 7.90. The number of hydrogen-bond donors (Lipinski definition) is 1. The largest absolute Gasteiger partial charge is 0.492 e. The highest BCUT2D eigenvalue weighted by atomic mass is 32.2. The third kappa shape index (κ3) is 2.74. The first kappa shape index (κ1) is 11.4. The topological polar surface area (TPSA) is 69.4 Å². The van der Waals surface area contributed by atoms with E-state index in [0.29, 0.717) is 17.3 Å². The van der Waals surface area contributed by atoms with Crippen LogP contribution in [0.5, 0.6) is 5.75 Å². The van der Waals surface area contributed by atoms with Gasteiger partial charge in [-0.25, -0.2) is 8.42 Å². The van der Waals surface area contributed by atoms with Crippen LogP contribution in [0.4, 0.5) is 0 Å². The van der Waals surface area contributed by atoms with E-state index in [1.54, 1.807) is 24.3 Å². The molecule has 2 rings (SSSR count). The van der Waals surface area contributed by atoms with E-state index in [4.69, 9.17) is 10.5 Å². The van der Waals surface area contributed by atoms with Crippen molar-refractivity contribution in [2.24, 2.45) is 5.73 Å². The first-order valence-corrected chi connectivity index (χ1v) is 7.00. The summed E-state index contributed by atoms with van der Waals surface area (Å²) in [7, 11) is -3.13. The van der Waals surface area contributed by atoms with Gasteiger partial charge < -0.3 is 10.5 Å². The van der Waals surface area contributed by atoms with Crippen LogP contribution in [0.1, 0.15) is 12.8 Å². The molecule has 88 valence electrons. The summed E-state index contributed by atoms with van der Waals surface area (Å²) in [6.45, 7) is 0.491. The Morgan fingerprint density at radius 3 is 2.31 bits per heavy atom. The van der Waals surface area contributed by atoms with Crippen molar-refractivity contribution in [3.63, 3.8) is 0 Å². The number of rotatable bonds is 4. The number of ether oxygens (including phenoxy) is 1. The van der Waals surface area contributed by atoms with Crippen LogP contribution in [0.25, 0.3) is 0 Å². The van der Waals surface area contributed by atoms with Crippen molar-refractivity contribution < 1.29 is 13.2 Å². The lowest BCUT2D eigenvalue weighted by Crippen LogP contribution is -2.29. The summed E-state index contributed by atoms with van der Waals surface area (Å²) in [5.41, 5.74) is 5.72. The molecular formula is C11H15NO3S. The monoisotopic (exact) mass is 241 g/mol. The molecule has 0 aromatic heterocycles. The van der Waals surface area contributed by atoms with Crippen LogP contribution in [0.15, 0.2) is 29.2 Å². The van der Waals surface area contributed by atoms with Crippen LogP contribution >= 0.6 is 0 Å². The average molecular weight is 241 g/mol. The second-order valence-electron chi connectivity index (χ2n) is 4.39. The van der Waals surface area contributed by atoms with Gasteiger partial charge in [0, 0.05) is 6.26 Å². The number of hydrogen-bond acceptors (Lipinski definition) is 4. The Labute approximate surface area is 95.3 Å². The minimum atomic E-state index is -3.13. The van der Waals surface area contributed by atoms with Gasteiger partial charge in [-0.15, -0.1) is 0 Å². The first-order valence-electron chi connectivity index (χ1n) is 5.11. The normalized spacial score (nSPS) is 18.1. The molecule has 1 aromatic rings. The predicted molar refractivity (Wildman–Crippen MR) is 61.2 cm³/mol. The predicted octanol–water partition coefficient (Wildman–Crippen LogP) is 0.960. The molecule has 0 bridgehead atoms. The summed E-state index contributed by atoms with van der Waals surface area (Å²) >= 11 is 0. The van der Waals surface area contributed by atoms with Crippen molar-refractivity contribution in [1.82, 2.24) is 0 Å². The third-order valence-corrected chi connectivity index (χ3v) is 3.80.